The first kappa shape index (κ1) is 44.2. The molecule has 0 bridgehead atoms. The molecule has 0 amide bonds. The summed E-state index contributed by atoms with van der Waals surface area (Å²) in [4.78, 5) is 49.9. The van der Waals surface area contributed by atoms with Crippen LogP contribution in [-0.4, -0.2) is 89.8 Å². The summed E-state index contributed by atoms with van der Waals surface area (Å²) in [5, 5.41) is 21.6. The molecule has 0 aliphatic rings. The standard InChI is InChI=1S/2C19H19N3O5S.CH4/c1-25-10-11-26-12-13-27-18-7-6-16-19(21-18)17(8-9-20-16)28-15-4-2-14(3-5-15)22(23)24;1-26-12-13-27-11-10-21-18(23)7-6-16-19(21)17(8-9-20-16)28-15-4-2-14(3-5-15)22(24)25;/h2*2-9H,10-13H2,1H3;1H4. The molecule has 6 aromatic rings. The number of ether oxygens (including phenoxy) is 5. The second-order valence-electron chi connectivity index (χ2n) is 11.5. The molecule has 0 aliphatic heterocycles. The summed E-state index contributed by atoms with van der Waals surface area (Å²) in [5.41, 5.74) is 2.83. The van der Waals surface area contributed by atoms with E-state index in [1.54, 1.807) is 67.6 Å². The van der Waals surface area contributed by atoms with Crippen LogP contribution < -0.4 is 10.3 Å². The Bertz CT molecular complexity index is 2280. The molecule has 6 rings (SSSR count). The molecule has 0 N–H and O–H groups in total. The molecule has 0 fully saturated rings. The molecule has 57 heavy (non-hydrogen) atoms. The van der Waals surface area contributed by atoms with Gasteiger partial charge in [0, 0.05) is 89.1 Å². The van der Waals surface area contributed by atoms with Crippen molar-refractivity contribution in [2.24, 2.45) is 0 Å². The van der Waals surface area contributed by atoms with Gasteiger partial charge in [0.25, 0.3) is 16.9 Å². The maximum atomic E-state index is 12.4. The van der Waals surface area contributed by atoms with Crippen molar-refractivity contribution >= 4 is 57.0 Å². The molecule has 16 nitrogen and oxygen atoms in total. The average molecular weight is 819 g/mol. The van der Waals surface area contributed by atoms with Crippen LogP contribution in [0.4, 0.5) is 11.4 Å². The van der Waals surface area contributed by atoms with Gasteiger partial charge in [0.15, 0.2) is 0 Å². The number of nitro benzene ring substituents is 2. The smallest absolute Gasteiger partial charge is 0.269 e. The topological polar surface area (TPSA) is 193 Å². The van der Waals surface area contributed by atoms with Crippen molar-refractivity contribution in [3.05, 3.63) is 128 Å². The summed E-state index contributed by atoms with van der Waals surface area (Å²) in [6, 6.07) is 23.2. The van der Waals surface area contributed by atoms with E-state index in [4.69, 9.17) is 23.7 Å². The number of non-ortho nitro benzene ring substituents is 2. The summed E-state index contributed by atoms with van der Waals surface area (Å²) < 4.78 is 28.0. The van der Waals surface area contributed by atoms with Gasteiger partial charge in [0.05, 0.1) is 66.0 Å². The third-order valence-electron chi connectivity index (χ3n) is 7.71. The molecule has 300 valence electrons. The van der Waals surface area contributed by atoms with E-state index in [9.17, 15) is 25.0 Å². The lowest BCUT2D eigenvalue weighted by Crippen LogP contribution is -2.23. The molecule has 2 aromatic carbocycles. The van der Waals surface area contributed by atoms with Gasteiger partial charge in [-0.2, -0.15) is 0 Å². The third kappa shape index (κ3) is 13.0. The van der Waals surface area contributed by atoms with Gasteiger partial charge in [0.2, 0.25) is 5.88 Å². The van der Waals surface area contributed by atoms with E-state index in [0.717, 1.165) is 25.1 Å². The highest BCUT2D eigenvalue weighted by atomic mass is 32.2. The minimum absolute atomic E-state index is 0. The third-order valence-corrected chi connectivity index (χ3v) is 9.82. The summed E-state index contributed by atoms with van der Waals surface area (Å²) in [6.07, 6.45) is 3.39. The van der Waals surface area contributed by atoms with Gasteiger partial charge in [-0.1, -0.05) is 31.0 Å². The van der Waals surface area contributed by atoms with Crippen LogP contribution in [0.2, 0.25) is 0 Å². The molecule has 4 heterocycles. The van der Waals surface area contributed by atoms with Gasteiger partial charge in [-0.25, -0.2) is 4.98 Å². The van der Waals surface area contributed by atoms with E-state index < -0.39 is 9.85 Å². The number of hydrogen-bond donors (Lipinski definition) is 0. The zero-order chi connectivity index (χ0) is 39.7. The van der Waals surface area contributed by atoms with Crippen LogP contribution in [-0.2, 0) is 25.5 Å². The zero-order valence-electron chi connectivity index (χ0n) is 30.5. The minimum Gasteiger partial charge on any atom is -0.475 e. The van der Waals surface area contributed by atoms with E-state index in [0.29, 0.717) is 75.2 Å². The van der Waals surface area contributed by atoms with Gasteiger partial charge in [0.1, 0.15) is 12.1 Å². The van der Waals surface area contributed by atoms with Crippen LogP contribution in [0.5, 0.6) is 5.88 Å². The van der Waals surface area contributed by atoms with Crippen LogP contribution in [0, 0.1) is 20.2 Å². The largest absolute Gasteiger partial charge is 0.475 e. The van der Waals surface area contributed by atoms with Crippen LogP contribution in [0.3, 0.4) is 0 Å². The summed E-state index contributed by atoms with van der Waals surface area (Å²) in [7, 11) is 3.23. The van der Waals surface area contributed by atoms with E-state index >= 15 is 0 Å². The Morgan fingerprint density at radius 2 is 1.16 bits per heavy atom. The first-order valence-corrected chi connectivity index (χ1v) is 18.8. The Kier molecular flexibility index (Phi) is 17.8. The van der Waals surface area contributed by atoms with Gasteiger partial charge in [-0.3, -0.25) is 35.0 Å². The fourth-order valence-corrected chi connectivity index (χ4v) is 6.89. The Hall–Kier alpha value is -5.50. The fraction of sp³-hybridized carbons (Fsp3) is 0.282. The lowest BCUT2D eigenvalue weighted by Gasteiger charge is -2.13. The van der Waals surface area contributed by atoms with Crippen molar-refractivity contribution in [3.63, 3.8) is 0 Å². The molecule has 0 saturated heterocycles. The molecule has 0 atom stereocenters. The van der Waals surface area contributed by atoms with Crippen molar-refractivity contribution in [3.8, 4) is 5.88 Å². The maximum Gasteiger partial charge on any atom is 0.269 e. The number of nitrogens with zero attached hydrogens (tertiary/aromatic N) is 6. The van der Waals surface area contributed by atoms with E-state index in [1.165, 1.54) is 53.9 Å². The van der Waals surface area contributed by atoms with Gasteiger partial charge < -0.3 is 28.3 Å². The second-order valence-corrected chi connectivity index (χ2v) is 13.7. The highest BCUT2D eigenvalue weighted by Gasteiger charge is 2.13. The molecule has 0 radical (unpaired) electrons. The SMILES string of the molecule is C.COCCOCCOc1ccc2nccc(Sc3ccc([N+](=O)[O-])cc3)c2n1.COCCOCCn1c(=O)ccc2nccc(Sc3ccc([N+](=O)[O-])cc3)c21. The lowest BCUT2D eigenvalue weighted by atomic mass is 10.3. The Labute approximate surface area is 336 Å². The molecule has 0 aliphatic carbocycles. The Morgan fingerprint density at radius 3 is 1.75 bits per heavy atom. The molecule has 0 spiro atoms. The Morgan fingerprint density at radius 1 is 0.632 bits per heavy atom. The predicted molar refractivity (Wildman–Crippen MR) is 218 cm³/mol. The van der Waals surface area contributed by atoms with Gasteiger partial charge in [-0.15, -0.1) is 0 Å². The van der Waals surface area contributed by atoms with E-state index in [-0.39, 0.29) is 24.4 Å². The van der Waals surface area contributed by atoms with Crippen molar-refractivity contribution < 1.29 is 33.5 Å². The number of rotatable bonds is 19. The number of aromatic nitrogens is 4. The number of pyridine rings is 4. The van der Waals surface area contributed by atoms with Crippen molar-refractivity contribution in [1.29, 1.82) is 0 Å². The van der Waals surface area contributed by atoms with Gasteiger partial charge in [-0.05, 0) is 48.5 Å². The summed E-state index contributed by atoms with van der Waals surface area (Å²) >= 11 is 2.89. The summed E-state index contributed by atoms with van der Waals surface area (Å²) in [5.74, 6) is 0.487. The predicted octanol–water partition coefficient (Wildman–Crippen LogP) is 7.49. The quantitative estimate of drug-likeness (QED) is 0.0443. The highest BCUT2D eigenvalue weighted by Crippen LogP contribution is 2.34. The van der Waals surface area contributed by atoms with Crippen molar-refractivity contribution in [1.82, 2.24) is 19.5 Å². The monoisotopic (exact) mass is 818 g/mol. The van der Waals surface area contributed by atoms with Gasteiger partial charge >= 0.3 is 0 Å². The average Bonchev–Trinajstić information content (AvgIpc) is 3.21. The van der Waals surface area contributed by atoms with Crippen LogP contribution in [0.15, 0.2) is 122 Å². The molecule has 0 unspecified atom stereocenters. The first-order valence-electron chi connectivity index (χ1n) is 17.1. The highest BCUT2D eigenvalue weighted by molar-refractivity contribution is 7.99. The number of hydrogen-bond acceptors (Lipinski definition) is 15. The molecule has 4 aromatic heterocycles. The molecular formula is C39H42N6O10S2. The molecule has 18 heteroatoms. The number of fused-ring (bicyclic) bond motifs is 2. The number of nitro groups is 2. The maximum absolute atomic E-state index is 12.4. The second kappa shape index (κ2) is 22.9. The minimum atomic E-state index is -0.433. The van der Waals surface area contributed by atoms with Crippen LogP contribution >= 0.6 is 23.5 Å². The fourth-order valence-electron chi connectivity index (χ4n) is 5.02. The van der Waals surface area contributed by atoms with E-state index in [2.05, 4.69) is 15.0 Å². The normalized spacial score (nSPS) is 10.8. The van der Waals surface area contributed by atoms with E-state index in [1.807, 2.05) is 18.2 Å². The number of methoxy groups -OCH3 is 2. The van der Waals surface area contributed by atoms with Crippen molar-refractivity contribution in [2.45, 2.75) is 33.6 Å². The Balaban J connectivity index is 0.000000248. The zero-order valence-corrected chi connectivity index (χ0v) is 32.1. The molecular weight excluding hydrogens is 777 g/mol. The number of benzene rings is 2. The lowest BCUT2D eigenvalue weighted by molar-refractivity contribution is -0.385. The first-order chi connectivity index (χ1) is 27.3. The van der Waals surface area contributed by atoms with Crippen LogP contribution in [0.25, 0.3) is 22.1 Å². The van der Waals surface area contributed by atoms with Crippen LogP contribution in [0.1, 0.15) is 7.43 Å². The molecule has 0 saturated carbocycles. The summed E-state index contributed by atoms with van der Waals surface area (Å²) in [6.45, 7) is 3.60. The van der Waals surface area contributed by atoms with Crippen molar-refractivity contribution in [2.75, 3.05) is 60.5 Å².